The molecule has 2 aromatic heterocycles. The molecule has 0 fully saturated rings. The van der Waals surface area contributed by atoms with E-state index in [-0.39, 0.29) is 0 Å². The van der Waals surface area contributed by atoms with Gasteiger partial charge in [0.05, 0.1) is 21.6 Å². The highest BCUT2D eigenvalue weighted by Crippen LogP contribution is 2.34. The minimum Gasteiger partial charge on any atom is -0.236 e. The van der Waals surface area contributed by atoms with Crippen molar-refractivity contribution in [3.63, 3.8) is 0 Å². The van der Waals surface area contributed by atoms with Crippen molar-refractivity contribution in [3.8, 4) is 44.3 Å². The summed E-state index contributed by atoms with van der Waals surface area (Å²) in [6, 6.07) is 42.0. The van der Waals surface area contributed by atoms with Gasteiger partial charge in [-0.15, -0.1) is 11.3 Å². The maximum atomic E-state index is 4.96. The van der Waals surface area contributed by atoms with Gasteiger partial charge in [-0.05, 0) is 57.8 Å². The van der Waals surface area contributed by atoms with Crippen molar-refractivity contribution in [2.24, 2.45) is 0 Å². The highest BCUT2D eigenvalue weighted by Gasteiger charge is 2.12. The van der Waals surface area contributed by atoms with E-state index in [4.69, 9.17) is 15.0 Å². The number of aromatic nitrogens is 3. The Kier molecular flexibility index (Phi) is 7.04. The average molecular weight is 570 g/mol. The van der Waals surface area contributed by atoms with E-state index in [1.54, 1.807) is 17.4 Å². The summed E-state index contributed by atoms with van der Waals surface area (Å²) in [6.45, 7) is 8.00. The van der Waals surface area contributed by atoms with E-state index in [1.165, 1.54) is 15.8 Å². The molecule has 0 spiro atoms. The monoisotopic (exact) mass is 569 g/mol. The Morgan fingerprint density at radius 3 is 2.00 bits per heavy atom. The van der Waals surface area contributed by atoms with Gasteiger partial charge in [-0.1, -0.05) is 122 Å². The molecule has 204 valence electrons. The van der Waals surface area contributed by atoms with Crippen LogP contribution in [-0.4, -0.2) is 15.0 Å². The topological polar surface area (TPSA) is 38.7 Å². The second-order valence-corrected chi connectivity index (χ2v) is 11.3. The molecule has 0 saturated heterocycles. The summed E-state index contributed by atoms with van der Waals surface area (Å²) < 4.78 is 1.18. The number of benzene rings is 5. The van der Waals surface area contributed by atoms with Gasteiger partial charge in [0.2, 0.25) is 0 Å². The Balaban J connectivity index is 1.24. The summed E-state index contributed by atoms with van der Waals surface area (Å²) in [5.41, 5.74) is 8.96. The van der Waals surface area contributed by atoms with Gasteiger partial charge in [0, 0.05) is 16.7 Å². The Labute approximate surface area is 254 Å². The van der Waals surface area contributed by atoms with Crippen LogP contribution >= 0.6 is 11.3 Å². The van der Waals surface area contributed by atoms with Crippen LogP contribution in [0.1, 0.15) is 5.69 Å². The number of thiazole rings is 1. The van der Waals surface area contributed by atoms with Crippen LogP contribution in [0, 0.1) is 0 Å². The molecule has 43 heavy (non-hydrogen) atoms. The lowest BCUT2D eigenvalue weighted by Gasteiger charge is -2.10. The molecule has 3 nitrogen and oxygen atoms in total. The summed E-state index contributed by atoms with van der Waals surface area (Å²) in [5.74, 6) is 0.667. The van der Waals surface area contributed by atoms with Crippen LogP contribution in [0.15, 0.2) is 153 Å². The minimum atomic E-state index is 0.667. The molecule has 5 aromatic carbocycles. The zero-order valence-corrected chi connectivity index (χ0v) is 24.3. The van der Waals surface area contributed by atoms with Gasteiger partial charge >= 0.3 is 0 Å². The van der Waals surface area contributed by atoms with E-state index >= 15 is 0 Å². The Morgan fingerprint density at radius 1 is 0.605 bits per heavy atom. The lowest BCUT2D eigenvalue weighted by Crippen LogP contribution is -1.97. The van der Waals surface area contributed by atoms with Crippen molar-refractivity contribution < 1.29 is 0 Å². The maximum absolute atomic E-state index is 4.96. The van der Waals surface area contributed by atoms with Gasteiger partial charge in [0.15, 0.2) is 5.82 Å². The number of hydrogen-bond donors (Lipinski definition) is 0. The first-order valence-electron chi connectivity index (χ1n) is 14.1. The predicted molar refractivity (Wildman–Crippen MR) is 183 cm³/mol. The van der Waals surface area contributed by atoms with Crippen molar-refractivity contribution in [2.75, 3.05) is 0 Å². The molecule has 0 radical (unpaired) electrons. The third-order valence-electron chi connectivity index (χ3n) is 7.40. The van der Waals surface area contributed by atoms with Gasteiger partial charge in [-0.3, -0.25) is 0 Å². The van der Waals surface area contributed by atoms with Crippen molar-refractivity contribution in [3.05, 3.63) is 158 Å². The summed E-state index contributed by atoms with van der Waals surface area (Å²) >= 11 is 1.73. The van der Waals surface area contributed by atoms with Crippen molar-refractivity contribution >= 4 is 37.9 Å². The van der Waals surface area contributed by atoms with E-state index < -0.39 is 0 Å². The molecule has 0 unspecified atom stereocenters. The first-order valence-corrected chi connectivity index (χ1v) is 14.9. The molecule has 0 N–H and O–H groups in total. The lowest BCUT2D eigenvalue weighted by atomic mass is 9.99. The van der Waals surface area contributed by atoms with Crippen molar-refractivity contribution in [2.45, 2.75) is 0 Å². The highest BCUT2D eigenvalue weighted by atomic mass is 32.1. The molecule has 0 saturated carbocycles. The molecule has 0 aliphatic heterocycles. The molecule has 2 heterocycles. The van der Waals surface area contributed by atoms with E-state index in [9.17, 15) is 0 Å². The largest absolute Gasteiger partial charge is 0.236 e. The molecular weight excluding hydrogens is 543 g/mol. The molecule has 0 bridgehead atoms. The third-order valence-corrected chi connectivity index (χ3v) is 8.47. The Bertz CT molecular complexity index is 2160. The zero-order chi connectivity index (χ0) is 29.2. The lowest BCUT2D eigenvalue weighted by molar-refractivity contribution is 1.16. The van der Waals surface area contributed by atoms with Crippen LogP contribution in [0.4, 0.5) is 0 Å². The van der Waals surface area contributed by atoms with E-state index in [2.05, 4.69) is 104 Å². The standard InChI is InChI=1S/C39H27N3S/c1-3-4-11-26(2)35-25-36(27-12-7-5-8-13-27)41-38(40-35)33-19-18-29-22-30(16-17-31(29)23-33)32-20-21-34-37(24-32)43-39(42-34)28-14-9-6-10-15-28/h3-25H,1-2H2/b11-4-. The molecular formula is C39H27N3S. The van der Waals surface area contributed by atoms with Crippen molar-refractivity contribution in [1.29, 1.82) is 0 Å². The fourth-order valence-corrected chi connectivity index (χ4v) is 6.15. The van der Waals surface area contributed by atoms with Crippen LogP contribution in [-0.2, 0) is 0 Å². The second-order valence-electron chi connectivity index (χ2n) is 10.3. The van der Waals surface area contributed by atoms with Gasteiger partial charge in [0.1, 0.15) is 5.01 Å². The molecule has 7 aromatic rings. The smallest absolute Gasteiger partial charge is 0.160 e. The Hall–Kier alpha value is -5.45. The van der Waals surface area contributed by atoms with Crippen molar-refractivity contribution in [1.82, 2.24) is 15.0 Å². The van der Waals surface area contributed by atoms with Crippen LogP contribution in [0.5, 0.6) is 0 Å². The zero-order valence-electron chi connectivity index (χ0n) is 23.4. The van der Waals surface area contributed by atoms with E-state index in [0.29, 0.717) is 5.82 Å². The molecule has 4 heteroatoms. The predicted octanol–water partition coefficient (Wildman–Crippen LogP) is 10.7. The number of rotatable bonds is 7. The highest BCUT2D eigenvalue weighted by molar-refractivity contribution is 7.21. The van der Waals surface area contributed by atoms with Gasteiger partial charge in [-0.2, -0.15) is 0 Å². The van der Waals surface area contributed by atoms with Crippen LogP contribution < -0.4 is 0 Å². The SMILES string of the molecule is C=C/C=C\C(=C)c1cc(-c2ccccc2)nc(-c2ccc3cc(-c4ccc5nc(-c6ccccc6)sc5c4)ccc3c2)n1. The summed E-state index contributed by atoms with van der Waals surface area (Å²) in [7, 11) is 0. The normalized spacial score (nSPS) is 11.3. The summed E-state index contributed by atoms with van der Waals surface area (Å²) in [5, 5.41) is 3.33. The maximum Gasteiger partial charge on any atom is 0.160 e. The molecule has 0 aliphatic rings. The molecule has 0 atom stereocenters. The molecule has 0 amide bonds. The minimum absolute atomic E-state index is 0.667. The number of nitrogens with zero attached hydrogens (tertiary/aromatic N) is 3. The number of fused-ring (bicyclic) bond motifs is 2. The molecule has 0 aliphatic carbocycles. The van der Waals surface area contributed by atoms with Crippen LogP contribution in [0.25, 0.3) is 70.9 Å². The number of hydrogen-bond acceptors (Lipinski definition) is 4. The van der Waals surface area contributed by atoms with E-state index in [0.717, 1.165) is 54.9 Å². The third kappa shape index (κ3) is 5.44. The summed E-state index contributed by atoms with van der Waals surface area (Å²) in [6.07, 6.45) is 5.52. The van der Waals surface area contributed by atoms with Gasteiger partial charge in [-0.25, -0.2) is 15.0 Å². The summed E-state index contributed by atoms with van der Waals surface area (Å²) in [4.78, 5) is 14.7. The fraction of sp³-hybridized carbons (Fsp3) is 0. The van der Waals surface area contributed by atoms with Gasteiger partial charge < -0.3 is 0 Å². The average Bonchev–Trinajstić information content (AvgIpc) is 3.51. The fourth-order valence-electron chi connectivity index (χ4n) is 5.14. The number of allylic oxidation sites excluding steroid dienone is 4. The first-order chi connectivity index (χ1) is 21.1. The quantitative estimate of drug-likeness (QED) is 0.179. The molecule has 7 rings (SSSR count). The second kappa shape index (κ2) is 11.4. The van der Waals surface area contributed by atoms with Crippen LogP contribution in [0.3, 0.4) is 0 Å². The van der Waals surface area contributed by atoms with Gasteiger partial charge in [0.25, 0.3) is 0 Å². The van der Waals surface area contributed by atoms with E-state index in [1.807, 2.05) is 42.5 Å². The Morgan fingerprint density at radius 2 is 1.26 bits per heavy atom. The first kappa shape index (κ1) is 26.4. The van der Waals surface area contributed by atoms with Crippen LogP contribution in [0.2, 0.25) is 0 Å².